The van der Waals surface area contributed by atoms with E-state index in [0.717, 1.165) is 21.2 Å². The van der Waals surface area contributed by atoms with E-state index < -0.39 is 0 Å². The highest BCUT2D eigenvalue weighted by molar-refractivity contribution is 9.10. The van der Waals surface area contributed by atoms with Crippen LogP contribution in [0.4, 0.5) is 5.69 Å². The average molecular weight is 637 g/mol. The maximum Gasteiger partial charge on any atom is 0.234 e. The van der Waals surface area contributed by atoms with Crippen molar-refractivity contribution < 1.29 is 14.3 Å². The molecule has 0 atom stereocenters. The highest BCUT2D eigenvalue weighted by Gasteiger charge is 2.19. The van der Waals surface area contributed by atoms with E-state index in [4.69, 9.17) is 14.5 Å². The predicted molar refractivity (Wildman–Crippen MR) is 171 cm³/mol. The summed E-state index contributed by atoms with van der Waals surface area (Å²) in [5, 5.41) is 13.6. The Labute approximate surface area is 257 Å². The Hall–Kier alpha value is -4.58. The number of nitrogens with zero attached hydrogens (tertiary/aromatic N) is 2. The minimum Gasteiger partial charge on any atom is -0.493 e. The fourth-order valence-electron chi connectivity index (χ4n) is 4.27. The number of amides is 1. The first-order chi connectivity index (χ1) is 20.5. The van der Waals surface area contributed by atoms with Gasteiger partial charge in [0.2, 0.25) is 5.91 Å². The van der Waals surface area contributed by atoms with Gasteiger partial charge < -0.3 is 14.8 Å². The van der Waals surface area contributed by atoms with Crippen LogP contribution in [0.3, 0.4) is 0 Å². The number of nitriles is 1. The lowest BCUT2D eigenvalue weighted by Gasteiger charge is -2.15. The molecule has 0 fully saturated rings. The van der Waals surface area contributed by atoms with Gasteiger partial charge in [0.25, 0.3) is 0 Å². The summed E-state index contributed by atoms with van der Waals surface area (Å²) < 4.78 is 12.6. The Morgan fingerprint density at radius 1 is 0.905 bits per heavy atom. The van der Waals surface area contributed by atoms with Crippen molar-refractivity contribution in [2.24, 2.45) is 0 Å². The number of anilines is 1. The van der Waals surface area contributed by atoms with Gasteiger partial charge in [-0.3, -0.25) is 4.79 Å². The van der Waals surface area contributed by atoms with Gasteiger partial charge in [-0.05, 0) is 53.6 Å². The van der Waals surface area contributed by atoms with Crippen LogP contribution in [0.15, 0.2) is 119 Å². The van der Waals surface area contributed by atoms with Crippen LogP contribution in [0.5, 0.6) is 11.5 Å². The molecular formula is C34H26BrN3O3S. The zero-order valence-corrected chi connectivity index (χ0v) is 25.1. The minimum atomic E-state index is -0.193. The van der Waals surface area contributed by atoms with E-state index in [1.807, 2.05) is 109 Å². The summed E-state index contributed by atoms with van der Waals surface area (Å²) in [6, 6.07) is 36.9. The average Bonchev–Trinajstić information content (AvgIpc) is 3.04. The Kier molecular flexibility index (Phi) is 9.55. The minimum absolute atomic E-state index is 0.0883. The van der Waals surface area contributed by atoms with Gasteiger partial charge in [0.1, 0.15) is 17.7 Å². The van der Waals surface area contributed by atoms with E-state index in [1.165, 1.54) is 11.8 Å². The quantitative estimate of drug-likeness (QED) is 0.155. The van der Waals surface area contributed by atoms with Gasteiger partial charge in [0, 0.05) is 21.3 Å². The Morgan fingerprint density at radius 3 is 2.31 bits per heavy atom. The summed E-state index contributed by atoms with van der Waals surface area (Å²) in [5.74, 6) is 1.04. The number of benzene rings is 4. The van der Waals surface area contributed by atoms with Crippen LogP contribution < -0.4 is 14.8 Å². The van der Waals surface area contributed by atoms with Crippen LogP contribution in [-0.4, -0.2) is 23.8 Å². The Balaban J connectivity index is 1.46. The third-order valence-electron chi connectivity index (χ3n) is 6.35. The number of aromatic nitrogens is 1. The third-order valence-corrected chi connectivity index (χ3v) is 7.85. The molecule has 1 heterocycles. The normalized spacial score (nSPS) is 10.5. The third kappa shape index (κ3) is 7.19. The van der Waals surface area contributed by atoms with Crippen molar-refractivity contribution in [2.75, 3.05) is 18.2 Å². The monoisotopic (exact) mass is 635 g/mol. The molecule has 0 radical (unpaired) electrons. The van der Waals surface area contributed by atoms with E-state index in [2.05, 4.69) is 27.3 Å². The second-order valence-corrected chi connectivity index (χ2v) is 11.1. The number of rotatable bonds is 10. The summed E-state index contributed by atoms with van der Waals surface area (Å²) in [5.41, 5.74) is 5.19. The van der Waals surface area contributed by atoms with E-state index in [1.54, 1.807) is 7.11 Å². The number of hydrogen-bond donors (Lipinski definition) is 1. The molecule has 0 unspecified atom stereocenters. The van der Waals surface area contributed by atoms with Crippen molar-refractivity contribution in [1.82, 2.24) is 4.98 Å². The number of pyridine rings is 1. The summed E-state index contributed by atoms with van der Waals surface area (Å²) in [6.45, 7) is 0.399. The fourth-order valence-corrected chi connectivity index (χ4v) is 5.34. The molecule has 0 saturated carbocycles. The molecule has 1 aromatic heterocycles. The predicted octanol–water partition coefficient (Wildman–Crippen LogP) is 8.37. The van der Waals surface area contributed by atoms with E-state index in [-0.39, 0.29) is 11.7 Å². The van der Waals surface area contributed by atoms with E-state index in [0.29, 0.717) is 45.6 Å². The van der Waals surface area contributed by atoms with E-state index >= 15 is 0 Å². The zero-order valence-electron chi connectivity index (χ0n) is 22.7. The van der Waals surface area contributed by atoms with Gasteiger partial charge in [-0.2, -0.15) is 5.26 Å². The van der Waals surface area contributed by atoms with Crippen LogP contribution in [-0.2, 0) is 11.4 Å². The van der Waals surface area contributed by atoms with Crippen molar-refractivity contribution in [3.63, 3.8) is 0 Å². The van der Waals surface area contributed by atoms with Crippen LogP contribution in [0.25, 0.3) is 22.4 Å². The summed E-state index contributed by atoms with van der Waals surface area (Å²) in [6.07, 6.45) is 0. The largest absolute Gasteiger partial charge is 0.493 e. The fraction of sp³-hybridized carbons (Fsp3) is 0.0882. The molecule has 0 aliphatic heterocycles. The smallest absolute Gasteiger partial charge is 0.234 e. The molecule has 42 heavy (non-hydrogen) atoms. The number of ether oxygens (including phenoxy) is 2. The number of thioether (sulfide) groups is 1. The summed E-state index contributed by atoms with van der Waals surface area (Å²) in [7, 11) is 1.59. The number of carbonyl (C=O) groups excluding carboxylic acids is 1. The highest BCUT2D eigenvalue weighted by atomic mass is 79.9. The zero-order chi connectivity index (χ0) is 29.3. The lowest BCUT2D eigenvalue weighted by Crippen LogP contribution is -2.14. The van der Waals surface area contributed by atoms with Gasteiger partial charge in [-0.25, -0.2) is 4.98 Å². The van der Waals surface area contributed by atoms with Gasteiger partial charge in [-0.1, -0.05) is 94.4 Å². The molecule has 8 heteroatoms. The van der Waals surface area contributed by atoms with Crippen molar-refractivity contribution in [2.45, 2.75) is 11.6 Å². The SMILES string of the molecule is COc1cc(-c2cc(-c3ccccc3)nc(SCC(=O)Nc3ccc(Br)cc3)c2C#N)ccc1OCc1ccccc1. The molecular weight excluding hydrogens is 610 g/mol. The first-order valence-corrected chi connectivity index (χ1v) is 14.9. The summed E-state index contributed by atoms with van der Waals surface area (Å²) in [4.78, 5) is 17.6. The van der Waals surface area contributed by atoms with Crippen molar-refractivity contribution >= 4 is 39.3 Å². The number of methoxy groups -OCH3 is 1. The molecule has 5 rings (SSSR count). The second-order valence-electron chi connectivity index (χ2n) is 9.20. The van der Waals surface area contributed by atoms with Crippen LogP contribution in [0.2, 0.25) is 0 Å². The van der Waals surface area contributed by atoms with Crippen molar-refractivity contribution in [3.8, 4) is 40.0 Å². The Morgan fingerprint density at radius 2 is 1.62 bits per heavy atom. The van der Waals surface area contributed by atoms with Crippen molar-refractivity contribution in [3.05, 3.63) is 125 Å². The molecule has 0 spiro atoms. The summed E-state index contributed by atoms with van der Waals surface area (Å²) >= 11 is 4.63. The molecule has 1 amide bonds. The van der Waals surface area contributed by atoms with Crippen LogP contribution >= 0.6 is 27.7 Å². The number of halogens is 1. The second kappa shape index (κ2) is 13.9. The van der Waals surface area contributed by atoms with E-state index in [9.17, 15) is 10.1 Å². The number of nitrogens with one attached hydrogen (secondary N) is 1. The van der Waals surface area contributed by atoms with Gasteiger partial charge in [-0.15, -0.1) is 0 Å². The topological polar surface area (TPSA) is 84.2 Å². The Bertz CT molecular complexity index is 1720. The maximum absolute atomic E-state index is 12.8. The lowest BCUT2D eigenvalue weighted by atomic mass is 9.99. The maximum atomic E-state index is 12.8. The molecule has 4 aromatic carbocycles. The molecule has 0 bridgehead atoms. The molecule has 1 N–H and O–H groups in total. The van der Waals surface area contributed by atoms with Crippen LogP contribution in [0.1, 0.15) is 11.1 Å². The molecule has 6 nitrogen and oxygen atoms in total. The van der Waals surface area contributed by atoms with Crippen molar-refractivity contribution in [1.29, 1.82) is 5.26 Å². The van der Waals surface area contributed by atoms with Gasteiger partial charge in [0.15, 0.2) is 11.5 Å². The molecule has 5 aromatic rings. The number of carbonyl (C=O) groups is 1. The molecule has 0 saturated heterocycles. The molecule has 0 aliphatic rings. The first kappa shape index (κ1) is 28.9. The standard InChI is InChI=1S/C34H26BrN3O3S/c1-40-32-18-25(12-17-31(32)41-21-23-8-4-2-5-9-23)28-19-30(24-10-6-3-7-11-24)38-34(29(28)20-36)42-22-33(39)37-27-15-13-26(35)14-16-27/h2-19H,21-22H2,1H3,(H,37,39). The highest BCUT2D eigenvalue weighted by Crippen LogP contribution is 2.38. The van der Waals surface area contributed by atoms with Gasteiger partial charge >= 0.3 is 0 Å². The molecule has 0 aliphatic carbocycles. The van der Waals surface area contributed by atoms with Gasteiger partial charge in [0.05, 0.1) is 24.1 Å². The van der Waals surface area contributed by atoms with Crippen LogP contribution in [0, 0.1) is 11.3 Å². The number of hydrogen-bond acceptors (Lipinski definition) is 6. The molecule has 208 valence electrons. The lowest BCUT2D eigenvalue weighted by molar-refractivity contribution is -0.113. The first-order valence-electron chi connectivity index (χ1n) is 13.1.